The number of alkyl halides is 3. The average molecular weight is 460 g/mol. The number of hydrogen-bond donors (Lipinski definition) is 1. The van der Waals surface area contributed by atoms with Crippen LogP contribution in [0.5, 0.6) is 11.5 Å². The van der Waals surface area contributed by atoms with Gasteiger partial charge >= 0.3 is 6.18 Å². The molecule has 1 saturated carbocycles. The highest BCUT2D eigenvalue weighted by Gasteiger charge is 2.42. The maximum Gasteiger partial charge on any atom is 0.416 e. The first-order valence-corrected chi connectivity index (χ1v) is 10.9. The Morgan fingerprint density at radius 2 is 1.82 bits per heavy atom. The van der Waals surface area contributed by atoms with E-state index < -0.39 is 23.6 Å². The van der Waals surface area contributed by atoms with Gasteiger partial charge in [0.05, 0.1) is 11.5 Å². The summed E-state index contributed by atoms with van der Waals surface area (Å²) in [6.45, 7) is 0.916. The van der Waals surface area contributed by atoms with Crippen molar-refractivity contribution in [2.45, 2.75) is 24.9 Å². The molecule has 2 heterocycles. The summed E-state index contributed by atoms with van der Waals surface area (Å²) in [4.78, 5) is 27.7. The number of nitrogens with zero attached hydrogens (tertiary/aromatic N) is 1. The molecule has 2 aromatic carbocycles. The Morgan fingerprint density at radius 1 is 1.03 bits per heavy atom. The van der Waals surface area contributed by atoms with Crippen molar-refractivity contribution in [1.82, 2.24) is 10.2 Å². The zero-order valence-corrected chi connectivity index (χ0v) is 17.7. The Morgan fingerprint density at radius 3 is 2.58 bits per heavy atom. The molecule has 3 aliphatic rings. The highest BCUT2D eigenvalue weighted by atomic mass is 19.4. The molecule has 174 valence electrons. The number of carbonyl (C=O) groups is 2. The van der Waals surface area contributed by atoms with E-state index in [-0.39, 0.29) is 31.7 Å². The minimum Gasteiger partial charge on any atom is -0.454 e. The van der Waals surface area contributed by atoms with Crippen LogP contribution in [-0.2, 0) is 11.0 Å². The summed E-state index contributed by atoms with van der Waals surface area (Å²) >= 11 is 0. The van der Waals surface area contributed by atoms with Crippen LogP contribution in [0.25, 0.3) is 0 Å². The molecule has 6 nitrogen and oxygen atoms in total. The lowest BCUT2D eigenvalue weighted by Gasteiger charge is -2.19. The molecule has 2 fully saturated rings. The van der Waals surface area contributed by atoms with E-state index in [9.17, 15) is 22.8 Å². The first kappa shape index (κ1) is 21.6. The normalized spacial score (nSPS) is 21.8. The molecule has 2 atom stereocenters. The Balaban J connectivity index is 1.40. The second-order valence-electron chi connectivity index (χ2n) is 8.80. The lowest BCUT2D eigenvalue weighted by molar-refractivity contribution is -0.137. The van der Waals surface area contributed by atoms with Gasteiger partial charge in [0.1, 0.15) is 0 Å². The number of benzene rings is 2. The molecular weight excluding hydrogens is 437 g/mol. The van der Waals surface area contributed by atoms with E-state index in [0.717, 1.165) is 25.0 Å². The van der Waals surface area contributed by atoms with Crippen molar-refractivity contribution < 1.29 is 32.2 Å². The molecule has 0 unspecified atom stereocenters. The summed E-state index contributed by atoms with van der Waals surface area (Å²) in [7, 11) is 0. The number of ether oxygens (including phenoxy) is 2. The second-order valence-corrected chi connectivity index (χ2v) is 8.80. The van der Waals surface area contributed by atoms with Crippen LogP contribution >= 0.6 is 0 Å². The number of fused-ring (bicyclic) bond motifs is 1. The number of halogens is 3. The number of nitrogens with one attached hydrogen (secondary N) is 1. The summed E-state index contributed by atoms with van der Waals surface area (Å²) in [6, 6.07) is 9.89. The van der Waals surface area contributed by atoms with Crippen LogP contribution in [0.15, 0.2) is 42.5 Å². The molecule has 0 aromatic heterocycles. The van der Waals surface area contributed by atoms with Gasteiger partial charge in [0, 0.05) is 31.1 Å². The van der Waals surface area contributed by atoms with Gasteiger partial charge in [-0.1, -0.05) is 18.2 Å². The highest BCUT2D eigenvalue weighted by Crippen LogP contribution is 2.38. The van der Waals surface area contributed by atoms with Crippen molar-refractivity contribution in [3.63, 3.8) is 0 Å². The number of hydrogen-bond acceptors (Lipinski definition) is 4. The molecular formula is C24H23F3N2O4. The molecule has 5 rings (SSSR count). The van der Waals surface area contributed by atoms with Gasteiger partial charge in [-0.25, -0.2) is 0 Å². The molecule has 33 heavy (non-hydrogen) atoms. The Hall–Kier alpha value is -3.23. The fourth-order valence-corrected chi connectivity index (χ4v) is 4.43. The monoisotopic (exact) mass is 460 g/mol. The molecule has 0 spiro atoms. The van der Waals surface area contributed by atoms with Gasteiger partial charge in [0.2, 0.25) is 12.7 Å². The molecule has 2 amide bonds. The Bertz CT molecular complexity index is 1080. The maximum absolute atomic E-state index is 13.3. The first-order chi connectivity index (χ1) is 15.8. The minimum absolute atomic E-state index is 0.0809. The average Bonchev–Trinajstić information content (AvgIpc) is 3.32. The number of amides is 2. The molecule has 9 heteroatoms. The molecule has 1 aliphatic carbocycles. The van der Waals surface area contributed by atoms with Crippen molar-refractivity contribution in [3.05, 3.63) is 59.2 Å². The van der Waals surface area contributed by atoms with Gasteiger partial charge in [0.15, 0.2) is 11.5 Å². The fourth-order valence-electron chi connectivity index (χ4n) is 4.43. The molecule has 1 saturated heterocycles. The zero-order chi connectivity index (χ0) is 23.2. The predicted molar refractivity (Wildman–Crippen MR) is 112 cm³/mol. The number of rotatable bonds is 5. The van der Waals surface area contributed by atoms with Crippen molar-refractivity contribution in [2.24, 2.45) is 11.8 Å². The second kappa shape index (κ2) is 8.28. The van der Waals surface area contributed by atoms with Crippen LogP contribution in [0, 0.1) is 11.8 Å². The molecule has 0 radical (unpaired) electrons. The Labute approximate surface area is 188 Å². The fraction of sp³-hybridized carbons (Fsp3) is 0.417. The number of carbonyl (C=O) groups excluding carboxylic acids is 2. The molecule has 2 aromatic rings. The smallest absolute Gasteiger partial charge is 0.416 e. The molecule has 2 aliphatic heterocycles. The first-order valence-electron chi connectivity index (χ1n) is 10.9. The number of likely N-dealkylation sites (tertiary alicyclic amines) is 1. The van der Waals surface area contributed by atoms with Gasteiger partial charge in [-0.15, -0.1) is 0 Å². The van der Waals surface area contributed by atoms with Crippen molar-refractivity contribution >= 4 is 11.8 Å². The summed E-state index contributed by atoms with van der Waals surface area (Å²) in [5.41, 5.74) is 0.0103. The summed E-state index contributed by atoms with van der Waals surface area (Å²) < 4.78 is 50.5. The van der Waals surface area contributed by atoms with Crippen LogP contribution < -0.4 is 14.8 Å². The minimum atomic E-state index is -4.49. The highest BCUT2D eigenvalue weighted by molar-refractivity contribution is 5.96. The lowest BCUT2D eigenvalue weighted by atomic mass is 9.87. The maximum atomic E-state index is 13.3. The molecule has 0 bridgehead atoms. The topological polar surface area (TPSA) is 67.9 Å². The van der Waals surface area contributed by atoms with Gasteiger partial charge in [-0.3, -0.25) is 9.59 Å². The van der Waals surface area contributed by atoms with Crippen LogP contribution in [-0.4, -0.2) is 43.1 Å². The van der Waals surface area contributed by atoms with Crippen molar-refractivity contribution in [2.75, 3.05) is 26.4 Å². The molecule has 1 N–H and O–H groups in total. The summed E-state index contributed by atoms with van der Waals surface area (Å²) in [5.74, 6) is -0.225. The largest absolute Gasteiger partial charge is 0.454 e. The lowest BCUT2D eigenvalue weighted by Crippen LogP contribution is -2.36. The van der Waals surface area contributed by atoms with E-state index in [0.29, 0.717) is 35.1 Å². The van der Waals surface area contributed by atoms with E-state index in [1.807, 2.05) is 0 Å². The zero-order valence-electron chi connectivity index (χ0n) is 17.7. The van der Waals surface area contributed by atoms with Crippen molar-refractivity contribution in [1.29, 1.82) is 0 Å². The van der Waals surface area contributed by atoms with E-state index in [2.05, 4.69) is 5.32 Å². The summed E-state index contributed by atoms with van der Waals surface area (Å²) in [5, 5.41) is 2.93. The van der Waals surface area contributed by atoms with E-state index in [1.54, 1.807) is 24.3 Å². The van der Waals surface area contributed by atoms with Crippen LogP contribution in [0.1, 0.15) is 40.2 Å². The Kier molecular flexibility index (Phi) is 5.42. The third kappa shape index (κ3) is 4.49. The van der Waals surface area contributed by atoms with Gasteiger partial charge in [0.25, 0.3) is 5.91 Å². The van der Waals surface area contributed by atoms with Crippen LogP contribution in [0.3, 0.4) is 0 Å². The van der Waals surface area contributed by atoms with E-state index >= 15 is 0 Å². The third-order valence-corrected chi connectivity index (χ3v) is 6.47. The van der Waals surface area contributed by atoms with Gasteiger partial charge in [-0.2, -0.15) is 13.2 Å². The van der Waals surface area contributed by atoms with Crippen LogP contribution in [0.4, 0.5) is 13.2 Å². The van der Waals surface area contributed by atoms with Gasteiger partial charge < -0.3 is 19.7 Å². The summed E-state index contributed by atoms with van der Waals surface area (Å²) in [6.07, 6.45) is -2.35. The van der Waals surface area contributed by atoms with E-state index in [4.69, 9.17) is 9.47 Å². The third-order valence-electron chi connectivity index (χ3n) is 6.47. The quantitative estimate of drug-likeness (QED) is 0.737. The van der Waals surface area contributed by atoms with Crippen molar-refractivity contribution in [3.8, 4) is 11.5 Å². The van der Waals surface area contributed by atoms with E-state index in [1.165, 1.54) is 11.0 Å². The SMILES string of the molecule is O=C(NCC1CC1)[C@@H]1CN(C(=O)c2ccc3c(c2)OCO3)C[C@H]1c1cccc(C(F)(F)F)c1. The predicted octanol–water partition coefficient (Wildman–Crippen LogP) is 3.82. The standard InChI is InChI=1S/C24H23F3N2O4/c25-24(26,27)17-3-1-2-15(8-17)18-11-29(12-19(18)22(30)28-10-14-4-5-14)23(31)16-6-7-20-21(9-16)33-13-32-20/h1-3,6-9,14,18-19H,4-5,10-13H2,(H,28,30)/t18-,19+/m0/s1. The van der Waals surface area contributed by atoms with Crippen LogP contribution in [0.2, 0.25) is 0 Å². The van der Waals surface area contributed by atoms with Gasteiger partial charge in [-0.05, 0) is 48.6 Å².